The lowest BCUT2D eigenvalue weighted by molar-refractivity contribution is 0.0343. The molecule has 1 saturated carbocycles. The Hall–Kier alpha value is -3.49. The minimum absolute atomic E-state index is 0.0760. The summed E-state index contributed by atoms with van der Waals surface area (Å²) in [6, 6.07) is 11.8. The van der Waals surface area contributed by atoms with Crippen LogP contribution < -0.4 is 10.9 Å². The number of hydrogen-bond donors (Lipinski definition) is 3. The number of amides is 1. The molecular weight excluding hydrogens is 471 g/mol. The van der Waals surface area contributed by atoms with Gasteiger partial charge in [0.15, 0.2) is 5.82 Å². The van der Waals surface area contributed by atoms with Gasteiger partial charge >= 0.3 is 0 Å². The van der Waals surface area contributed by atoms with Gasteiger partial charge in [0.2, 0.25) is 0 Å². The first-order valence-corrected chi connectivity index (χ1v) is 11.7. The molecule has 0 spiro atoms. The number of H-pyrrole nitrogens is 1. The average molecular weight is 495 g/mol. The van der Waals surface area contributed by atoms with Crippen molar-refractivity contribution in [1.29, 1.82) is 0 Å². The lowest BCUT2D eigenvalue weighted by atomic mass is 9.91. The van der Waals surface area contributed by atoms with Crippen LogP contribution in [0.15, 0.2) is 59.5 Å². The molecule has 35 heavy (non-hydrogen) atoms. The number of rotatable bonds is 6. The van der Waals surface area contributed by atoms with E-state index in [1.165, 1.54) is 28.8 Å². The van der Waals surface area contributed by atoms with Crippen molar-refractivity contribution in [2.45, 2.75) is 44.2 Å². The van der Waals surface area contributed by atoms with Crippen LogP contribution in [-0.4, -0.2) is 31.2 Å². The number of nitrogens with zero attached hydrogens (tertiary/aromatic N) is 2. The van der Waals surface area contributed by atoms with Gasteiger partial charge in [0.25, 0.3) is 11.5 Å². The lowest BCUT2D eigenvalue weighted by Gasteiger charge is -2.30. The quantitative estimate of drug-likeness (QED) is 0.364. The maximum Gasteiger partial charge on any atom is 0.275 e. The molecule has 7 nitrogen and oxygen atoms in total. The van der Waals surface area contributed by atoms with Crippen LogP contribution in [0.2, 0.25) is 5.02 Å². The van der Waals surface area contributed by atoms with Crippen molar-refractivity contribution in [3.8, 4) is 11.4 Å². The number of fused-ring (bicyclic) bond motifs is 1. The highest BCUT2D eigenvalue weighted by molar-refractivity contribution is 6.30. The van der Waals surface area contributed by atoms with E-state index in [-0.39, 0.29) is 11.5 Å². The second-order valence-corrected chi connectivity index (χ2v) is 9.89. The van der Waals surface area contributed by atoms with E-state index in [0.29, 0.717) is 38.6 Å². The van der Waals surface area contributed by atoms with Gasteiger partial charge in [0.05, 0.1) is 17.2 Å². The number of aliphatic hydroxyl groups is 1. The zero-order chi connectivity index (χ0) is 24.9. The van der Waals surface area contributed by atoms with Crippen molar-refractivity contribution in [3.05, 3.63) is 92.6 Å². The molecule has 1 atom stereocenters. The predicted molar refractivity (Wildman–Crippen MR) is 131 cm³/mol. The highest BCUT2D eigenvalue weighted by atomic mass is 35.5. The Morgan fingerprint density at radius 2 is 1.97 bits per heavy atom. The fourth-order valence-electron chi connectivity index (χ4n) is 4.38. The molecular formula is C26H24ClFN4O3. The van der Waals surface area contributed by atoms with E-state index in [9.17, 15) is 19.1 Å². The molecule has 180 valence electrons. The Balaban J connectivity index is 1.58. The molecule has 0 unspecified atom stereocenters. The molecule has 1 amide bonds. The summed E-state index contributed by atoms with van der Waals surface area (Å²) >= 11 is 6.10. The number of benzene rings is 2. The molecule has 1 aliphatic rings. The molecule has 1 fully saturated rings. The minimum Gasteiger partial charge on any atom is -0.388 e. The summed E-state index contributed by atoms with van der Waals surface area (Å²) < 4.78 is 14.9. The van der Waals surface area contributed by atoms with Crippen LogP contribution in [0.1, 0.15) is 60.1 Å². The first kappa shape index (κ1) is 23.3. The van der Waals surface area contributed by atoms with Gasteiger partial charge in [-0.15, -0.1) is 5.10 Å². The summed E-state index contributed by atoms with van der Waals surface area (Å²) in [5.41, 5.74) is 0.805. The lowest BCUT2D eigenvalue weighted by Crippen LogP contribution is -2.42. The van der Waals surface area contributed by atoms with Crippen molar-refractivity contribution in [1.82, 2.24) is 19.9 Å². The highest BCUT2D eigenvalue weighted by Gasteiger charge is 2.36. The summed E-state index contributed by atoms with van der Waals surface area (Å²) in [4.78, 5) is 29.4. The fourth-order valence-corrected chi connectivity index (χ4v) is 4.57. The van der Waals surface area contributed by atoms with Crippen molar-refractivity contribution >= 4 is 23.0 Å². The molecule has 2 heterocycles. The number of carbonyl (C=O) groups excluding carboxylic acids is 1. The van der Waals surface area contributed by atoms with Crippen LogP contribution >= 0.6 is 11.6 Å². The first-order valence-electron chi connectivity index (χ1n) is 11.3. The van der Waals surface area contributed by atoms with Crippen molar-refractivity contribution in [2.75, 3.05) is 0 Å². The van der Waals surface area contributed by atoms with Crippen molar-refractivity contribution in [2.24, 2.45) is 0 Å². The van der Waals surface area contributed by atoms with Gasteiger partial charge in [0.1, 0.15) is 11.3 Å². The standard InChI is InChI=1S/C26H24ClFN4O3/c1-26(2,35)22(15-8-10-18(28)11-9-15)29-24(33)19-13-32-21(20(19)14-6-7-14)25(34)30-23(31-32)16-4-3-5-17(27)12-16/h3-5,8-14,22,35H,6-7H2,1-2H3,(H,29,33)(H,30,31,34)/t22-/m0/s1. The van der Waals surface area contributed by atoms with Gasteiger partial charge < -0.3 is 15.4 Å². The van der Waals surface area contributed by atoms with E-state index >= 15 is 0 Å². The normalized spacial score (nSPS) is 14.8. The maximum absolute atomic E-state index is 13.5. The van der Waals surface area contributed by atoms with E-state index < -0.39 is 23.4 Å². The van der Waals surface area contributed by atoms with Crippen molar-refractivity contribution < 1.29 is 14.3 Å². The third-order valence-corrected chi connectivity index (χ3v) is 6.43. The van der Waals surface area contributed by atoms with Gasteiger partial charge in [-0.05, 0) is 62.4 Å². The maximum atomic E-state index is 13.5. The molecule has 0 aliphatic heterocycles. The highest BCUT2D eigenvalue weighted by Crippen LogP contribution is 2.44. The minimum atomic E-state index is -1.33. The third-order valence-electron chi connectivity index (χ3n) is 6.19. The Morgan fingerprint density at radius 1 is 1.26 bits per heavy atom. The van der Waals surface area contributed by atoms with Crippen LogP contribution in [0, 0.1) is 5.82 Å². The van der Waals surface area contributed by atoms with Gasteiger partial charge in [-0.2, -0.15) is 0 Å². The van der Waals surface area contributed by atoms with Crippen molar-refractivity contribution in [3.63, 3.8) is 0 Å². The van der Waals surface area contributed by atoms with E-state index in [2.05, 4.69) is 15.4 Å². The van der Waals surface area contributed by atoms with Crippen LogP contribution in [0.5, 0.6) is 0 Å². The summed E-state index contributed by atoms with van der Waals surface area (Å²) in [7, 11) is 0. The first-order chi connectivity index (χ1) is 16.6. The van der Waals surface area contributed by atoms with Crippen LogP contribution in [0.25, 0.3) is 16.9 Å². The van der Waals surface area contributed by atoms with Crippen LogP contribution in [0.4, 0.5) is 4.39 Å². The number of halogens is 2. The molecule has 3 N–H and O–H groups in total. The number of carbonyl (C=O) groups is 1. The average Bonchev–Trinajstić information content (AvgIpc) is 3.56. The van der Waals surface area contributed by atoms with Gasteiger partial charge in [-0.1, -0.05) is 35.9 Å². The van der Waals surface area contributed by atoms with Gasteiger partial charge in [-0.3, -0.25) is 9.59 Å². The summed E-state index contributed by atoms with van der Waals surface area (Å²) in [5, 5.41) is 18.7. The van der Waals surface area contributed by atoms with E-state index in [4.69, 9.17) is 11.6 Å². The Morgan fingerprint density at radius 3 is 2.60 bits per heavy atom. The van der Waals surface area contributed by atoms with Gasteiger partial charge in [0, 0.05) is 22.3 Å². The van der Waals surface area contributed by atoms with Crippen LogP contribution in [-0.2, 0) is 0 Å². The molecule has 5 rings (SSSR count). The molecule has 9 heteroatoms. The molecule has 0 bridgehead atoms. The molecule has 2 aromatic carbocycles. The molecule has 2 aromatic heterocycles. The Kier molecular flexibility index (Phi) is 5.73. The topological polar surface area (TPSA) is 99.5 Å². The zero-order valence-corrected chi connectivity index (χ0v) is 19.9. The third kappa shape index (κ3) is 4.59. The monoisotopic (exact) mass is 494 g/mol. The number of nitrogens with one attached hydrogen (secondary N) is 2. The second kappa shape index (κ2) is 8.62. The number of aromatic amines is 1. The predicted octanol–water partition coefficient (Wildman–Crippen LogP) is 4.60. The number of aromatic nitrogens is 3. The summed E-state index contributed by atoms with van der Waals surface area (Å²) in [6.45, 7) is 3.14. The fraction of sp³-hybridized carbons (Fsp3) is 0.269. The summed E-state index contributed by atoms with van der Waals surface area (Å²) in [6.07, 6.45) is 3.28. The summed E-state index contributed by atoms with van der Waals surface area (Å²) in [5.74, 6) is -0.454. The molecule has 0 saturated heterocycles. The molecule has 4 aromatic rings. The van der Waals surface area contributed by atoms with E-state index in [0.717, 1.165) is 12.8 Å². The smallest absolute Gasteiger partial charge is 0.275 e. The van der Waals surface area contributed by atoms with Gasteiger partial charge in [-0.25, -0.2) is 8.91 Å². The Bertz CT molecular complexity index is 1480. The molecule has 1 aliphatic carbocycles. The van der Waals surface area contributed by atoms with Crippen LogP contribution in [0.3, 0.4) is 0 Å². The zero-order valence-electron chi connectivity index (χ0n) is 19.2. The second-order valence-electron chi connectivity index (χ2n) is 9.45. The van der Waals surface area contributed by atoms with E-state index in [1.54, 1.807) is 44.3 Å². The van der Waals surface area contributed by atoms with E-state index in [1.807, 2.05) is 0 Å². The SMILES string of the molecule is CC(C)(O)[C@@H](NC(=O)c1cn2nc(-c3cccc(Cl)c3)[nH]c(=O)c2c1C1CC1)c1ccc(F)cc1. The number of hydrogen-bond acceptors (Lipinski definition) is 4. The largest absolute Gasteiger partial charge is 0.388 e. The Labute approximate surface area is 205 Å². The molecule has 0 radical (unpaired) electrons.